The van der Waals surface area contributed by atoms with Crippen molar-refractivity contribution in [2.24, 2.45) is 5.84 Å². The molecule has 5 heteroatoms. The molecule has 0 bridgehead atoms. The molecule has 2 aromatic carbocycles. The number of hydrazine groups is 1. The van der Waals surface area contributed by atoms with Crippen LogP contribution in [0.25, 0.3) is 0 Å². The van der Waals surface area contributed by atoms with Gasteiger partial charge in [0.25, 0.3) is 0 Å². The Morgan fingerprint density at radius 2 is 1.80 bits per heavy atom. The number of nitrogens with zero attached hydrogens (tertiary/aromatic N) is 1. The average molecular weight is 272 g/mol. The fraction of sp³-hybridized carbons (Fsp3) is 0.133. The molecule has 0 aliphatic heterocycles. The summed E-state index contributed by atoms with van der Waals surface area (Å²) in [5, 5.41) is 1.31. The summed E-state index contributed by atoms with van der Waals surface area (Å²) in [7, 11) is 1.32. The monoisotopic (exact) mass is 272 g/mol. The molecule has 0 atom stereocenters. The van der Waals surface area contributed by atoms with Gasteiger partial charge in [-0.15, -0.1) is 0 Å². The molecular weight excluding hydrogens is 256 g/mol. The highest BCUT2D eigenvalue weighted by Gasteiger charge is 2.09. The zero-order chi connectivity index (χ0) is 14.4. The number of hydrogen-bond acceptors (Lipinski definition) is 5. The Labute approximate surface area is 117 Å². The normalized spacial score (nSPS) is 9.90. The largest absolute Gasteiger partial charge is 0.468 e. The zero-order valence-electron chi connectivity index (χ0n) is 11.2. The number of hydrogen-bond donors (Lipinski definition) is 1. The molecule has 0 aromatic heterocycles. The number of methoxy groups -OCH3 is 1. The third kappa shape index (κ3) is 3.73. The van der Waals surface area contributed by atoms with E-state index in [4.69, 9.17) is 10.6 Å². The van der Waals surface area contributed by atoms with Gasteiger partial charge in [0.2, 0.25) is 0 Å². The number of nitrogens with two attached hydrogens (primary N) is 1. The van der Waals surface area contributed by atoms with Crippen molar-refractivity contribution in [3.05, 3.63) is 54.6 Å². The number of carbonyl (C=O) groups excluding carboxylic acids is 1. The van der Waals surface area contributed by atoms with Crippen molar-refractivity contribution in [1.82, 2.24) is 0 Å². The number of anilines is 1. The van der Waals surface area contributed by atoms with Crippen LogP contribution in [0.15, 0.2) is 54.6 Å². The molecule has 2 aromatic rings. The summed E-state index contributed by atoms with van der Waals surface area (Å²) in [6.07, 6.45) is 0. The number of benzene rings is 2. The van der Waals surface area contributed by atoms with Crippen LogP contribution in [0.2, 0.25) is 0 Å². The van der Waals surface area contributed by atoms with Gasteiger partial charge in [-0.05, 0) is 24.3 Å². The van der Waals surface area contributed by atoms with Crippen LogP contribution in [-0.4, -0.2) is 19.6 Å². The van der Waals surface area contributed by atoms with Crippen LogP contribution in [0.3, 0.4) is 0 Å². The summed E-state index contributed by atoms with van der Waals surface area (Å²) in [6.45, 7) is -0.0225. The molecule has 0 radical (unpaired) electrons. The van der Waals surface area contributed by atoms with Gasteiger partial charge in [0.15, 0.2) is 0 Å². The van der Waals surface area contributed by atoms with Crippen LogP contribution in [-0.2, 0) is 9.53 Å². The van der Waals surface area contributed by atoms with E-state index < -0.39 is 5.97 Å². The van der Waals surface area contributed by atoms with Gasteiger partial charge in [-0.25, -0.2) is 5.84 Å². The lowest BCUT2D eigenvalue weighted by atomic mass is 10.3. The fourth-order valence-corrected chi connectivity index (χ4v) is 1.65. The minimum Gasteiger partial charge on any atom is -0.468 e. The lowest BCUT2D eigenvalue weighted by molar-refractivity contribution is -0.138. The molecule has 0 unspecified atom stereocenters. The Morgan fingerprint density at radius 1 is 1.10 bits per heavy atom. The van der Waals surface area contributed by atoms with Crippen LogP contribution in [0.4, 0.5) is 5.69 Å². The summed E-state index contributed by atoms with van der Waals surface area (Å²) in [5.74, 6) is 6.79. The third-order valence-electron chi connectivity index (χ3n) is 2.66. The Balaban J connectivity index is 2.09. The van der Waals surface area contributed by atoms with Crippen LogP contribution < -0.4 is 15.6 Å². The summed E-state index contributed by atoms with van der Waals surface area (Å²) >= 11 is 0. The van der Waals surface area contributed by atoms with Gasteiger partial charge in [0, 0.05) is 6.07 Å². The van der Waals surface area contributed by atoms with Crippen molar-refractivity contribution in [2.45, 2.75) is 0 Å². The lowest BCUT2D eigenvalue weighted by Gasteiger charge is -2.17. The fourth-order valence-electron chi connectivity index (χ4n) is 1.65. The van der Waals surface area contributed by atoms with E-state index in [2.05, 4.69) is 4.74 Å². The van der Waals surface area contributed by atoms with Crippen LogP contribution >= 0.6 is 0 Å². The van der Waals surface area contributed by atoms with E-state index >= 15 is 0 Å². The summed E-state index contributed by atoms with van der Waals surface area (Å²) in [6, 6.07) is 16.6. The second-order valence-electron chi connectivity index (χ2n) is 4.12. The maximum Gasteiger partial charge on any atom is 0.326 e. The van der Waals surface area contributed by atoms with E-state index in [1.54, 1.807) is 12.1 Å². The molecule has 2 N–H and O–H groups in total. The molecule has 0 aliphatic rings. The van der Waals surface area contributed by atoms with Crippen LogP contribution in [0.5, 0.6) is 11.5 Å². The second kappa shape index (κ2) is 6.58. The first-order valence-electron chi connectivity index (χ1n) is 6.11. The SMILES string of the molecule is COC(=O)CN(N)c1cccc(Oc2ccccc2)c1. The van der Waals surface area contributed by atoms with Gasteiger partial charge in [0.05, 0.1) is 12.8 Å². The van der Waals surface area contributed by atoms with E-state index in [-0.39, 0.29) is 6.54 Å². The van der Waals surface area contributed by atoms with Crippen molar-refractivity contribution < 1.29 is 14.3 Å². The Kier molecular flexibility index (Phi) is 4.57. The molecule has 104 valence electrons. The summed E-state index contributed by atoms with van der Waals surface area (Å²) < 4.78 is 10.3. The molecule has 0 fully saturated rings. The van der Waals surface area contributed by atoms with Gasteiger partial charge >= 0.3 is 5.97 Å². The first-order valence-corrected chi connectivity index (χ1v) is 6.11. The first-order chi connectivity index (χ1) is 9.69. The van der Waals surface area contributed by atoms with Crippen LogP contribution in [0, 0.1) is 0 Å². The Bertz CT molecular complexity index is 572. The molecule has 2 rings (SSSR count). The lowest BCUT2D eigenvalue weighted by Crippen LogP contribution is -2.36. The maximum absolute atomic E-state index is 11.2. The quantitative estimate of drug-likeness (QED) is 0.514. The summed E-state index contributed by atoms with van der Waals surface area (Å²) in [4.78, 5) is 11.2. The Hall–Kier alpha value is -2.53. The number of ether oxygens (including phenoxy) is 2. The van der Waals surface area contributed by atoms with Crippen molar-refractivity contribution in [1.29, 1.82) is 0 Å². The van der Waals surface area contributed by atoms with Crippen LogP contribution in [0.1, 0.15) is 0 Å². The minimum atomic E-state index is -0.401. The molecule has 0 saturated heterocycles. The van der Waals surface area contributed by atoms with Gasteiger partial charge in [0.1, 0.15) is 18.0 Å². The van der Waals surface area contributed by atoms with Crippen molar-refractivity contribution in [2.75, 3.05) is 18.7 Å². The standard InChI is InChI=1S/C15H16N2O3/c1-19-15(18)11-17(16)12-6-5-9-14(10-12)20-13-7-3-2-4-8-13/h2-10H,11,16H2,1H3. The third-order valence-corrected chi connectivity index (χ3v) is 2.66. The summed E-state index contributed by atoms with van der Waals surface area (Å²) in [5.41, 5.74) is 0.670. The van der Waals surface area contributed by atoms with Gasteiger partial charge in [-0.3, -0.25) is 9.80 Å². The topological polar surface area (TPSA) is 64.8 Å². The molecule has 5 nitrogen and oxygen atoms in total. The highest BCUT2D eigenvalue weighted by atomic mass is 16.5. The average Bonchev–Trinajstić information content (AvgIpc) is 2.48. The van der Waals surface area contributed by atoms with E-state index in [1.807, 2.05) is 42.5 Å². The number of carbonyl (C=O) groups is 1. The number of rotatable bonds is 5. The smallest absolute Gasteiger partial charge is 0.326 e. The molecule has 0 aliphatic carbocycles. The molecular formula is C15H16N2O3. The maximum atomic E-state index is 11.2. The first kappa shape index (κ1) is 13.9. The second-order valence-corrected chi connectivity index (χ2v) is 4.12. The van der Waals surface area contributed by atoms with Gasteiger partial charge in [-0.1, -0.05) is 24.3 Å². The van der Waals surface area contributed by atoms with E-state index in [0.717, 1.165) is 5.75 Å². The predicted octanol–water partition coefficient (Wildman–Crippen LogP) is 2.33. The van der Waals surface area contributed by atoms with E-state index in [9.17, 15) is 4.79 Å². The highest BCUT2D eigenvalue weighted by Crippen LogP contribution is 2.24. The minimum absolute atomic E-state index is 0.0225. The van der Waals surface area contributed by atoms with E-state index in [1.165, 1.54) is 12.1 Å². The number of esters is 1. The Morgan fingerprint density at radius 3 is 2.50 bits per heavy atom. The molecule has 20 heavy (non-hydrogen) atoms. The van der Waals surface area contributed by atoms with E-state index in [0.29, 0.717) is 11.4 Å². The molecule has 0 amide bonds. The zero-order valence-corrected chi connectivity index (χ0v) is 11.2. The molecule has 0 spiro atoms. The number of para-hydroxylation sites is 1. The van der Waals surface area contributed by atoms with Gasteiger partial charge < -0.3 is 9.47 Å². The molecule has 0 saturated carbocycles. The molecule has 0 heterocycles. The van der Waals surface area contributed by atoms with Crippen molar-refractivity contribution in [3.8, 4) is 11.5 Å². The van der Waals surface area contributed by atoms with Crippen molar-refractivity contribution >= 4 is 11.7 Å². The highest BCUT2D eigenvalue weighted by molar-refractivity contribution is 5.75. The van der Waals surface area contributed by atoms with Gasteiger partial charge in [-0.2, -0.15) is 0 Å². The van der Waals surface area contributed by atoms with Crippen molar-refractivity contribution in [3.63, 3.8) is 0 Å². The predicted molar refractivity (Wildman–Crippen MR) is 76.5 cm³/mol.